The Morgan fingerprint density at radius 3 is 2.36 bits per heavy atom. The smallest absolute Gasteiger partial charge is 0.193 e. The summed E-state index contributed by atoms with van der Waals surface area (Å²) in [6, 6.07) is 18.4. The third kappa shape index (κ3) is 5.17. The van der Waals surface area contributed by atoms with Gasteiger partial charge in [0.05, 0.1) is 24.2 Å². The number of fused-ring (bicyclic) bond motifs is 8. The van der Waals surface area contributed by atoms with Crippen molar-refractivity contribution in [2.24, 2.45) is 52.3 Å². The molecular weight excluding hydrogens is 584 g/mol. The van der Waals surface area contributed by atoms with E-state index in [-0.39, 0.29) is 17.3 Å². The first-order valence-electron chi connectivity index (χ1n) is 18.7. The van der Waals surface area contributed by atoms with E-state index < -0.39 is 0 Å². The lowest BCUT2D eigenvalue weighted by atomic mass is 9.44. The normalized spacial score (nSPS) is 43.7. The van der Waals surface area contributed by atoms with E-state index in [4.69, 9.17) is 13.9 Å². The molecule has 47 heavy (non-hydrogen) atoms. The molecule has 6 fully saturated rings. The highest BCUT2D eigenvalue weighted by Crippen LogP contribution is 2.71. The number of ether oxygens (including phenoxy) is 2. The maximum atomic E-state index is 11.9. The van der Waals surface area contributed by atoms with E-state index in [1.807, 2.05) is 48.5 Å². The molecule has 0 radical (unpaired) electrons. The molecule has 4 aliphatic carbocycles. The van der Waals surface area contributed by atoms with Crippen LogP contribution in [0.4, 0.5) is 0 Å². The van der Waals surface area contributed by atoms with E-state index in [1.165, 1.54) is 51.0 Å². The van der Waals surface area contributed by atoms with Crippen molar-refractivity contribution in [3.63, 3.8) is 0 Å². The lowest BCUT2D eigenvalue weighted by Crippen LogP contribution is -2.55. The van der Waals surface area contributed by atoms with Crippen molar-refractivity contribution in [3.05, 3.63) is 70.9 Å². The second-order valence-corrected chi connectivity index (χ2v) is 16.9. The largest absolute Gasteiger partial charge is 0.456 e. The summed E-state index contributed by atoms with van der Waals surface area (Å²) in [5.41, 5.74) is 2.43. The highest BCUT2D eigenvalue weighted by molar-refractivity contribution is 5.78. The number of hydrogen-bond donors (Lipinski definition) is 1. The predicted molar refractivity (Wildman–Crippen MR) is 186 cm³/mol. The first-order valence-corrected chi connectivity index (χ1v) is 18.7. The summed E-state index contributed by atoms with van der Waals surface area (Å²) in [5.74, 6) is 5.54. The topological polar surface area (TPSA) is 68.9 Å². The average Bonchev–Trinajstić information content (AvgIpc) is 3.53. The predicted octanol–water partition coefficient (Wildman–Crippen LogP) is 9.25. The number of benzene rings is 2. The lowest BCUT2D eigenvalue weighted by molar-refractivity contribution is -0.273. The molecule has 4 saturated carbocycles. The Bertz CT molecular complexity index is 1640. The molecular formula is C42H54O5. The Morgan fingerprint density at radius 1 is 0.809 bits per heavy atom. The third-order valence-corrected chi connectivity index (χ3v) is 14.6. The summed E-state index contributed by atoms with van der Waals surface area (Å²) in [6.45, 7) is 10.9. The minimum atomic E-state index is -0.282. The van der Waals surface area contributed by atoms with Crippen LogP contribution in [0.1, 0.15) is 91.9 Å². The van der Waals surface area contributed by atoms with E-state index in [0.29, 0.717) is 51.4 Å². The number of para-hydroxylation sites is 1. The second-order valence-electron chi connectivity index (χ2n) is 16.9. The Kier molecular flexibility index (Phi) is 8.01. The van der Waals surface area contributed by atoms with Crippen molar-refractivity contribution in [1.29, 1.82) is 0 Å². The highest BCUT2D eigenvalue weighted by Gasteiger charge is 2.69. The fourth-order valence-electron chi connectivity index (χ4n) is 12.1. The molecule has 3 heterocycles. The van der Waals surface area contributed by atoms with Gasteiger partial charge in [-0.2, -0.15) is 0 Å². The molecule has 2 aliphatic heterocycles. The molecule has 6 aliphatic rings. The highest BCUT2D eigenvalue weighted by atomic mass is 16.7. The molecule has 0 unspecified atom stereocenters. The average molecular weight is 639 g/mol. The van der Waals surface area contributed by atoms with Crippen LogP contribution in [0.5, 0.6) is 0 Å². The molecule has 252 valence electrons. The van der Waals surface area contributed by atoms with Gasteiger partial charge >= 0.3 is 0 Å². The number of rotatable bonds is 1. The molecule has 5 nitrogen and oxygen atoms in total. The fraction of sp³-hybridized carbons (Fsp3) is 0.643. The molecule has 0 amide bonds. The Hall–Kier alpha value is -2.47. The molecule has 3 aromatic rings. The zero-order valence-electron chi connectivity index (χ0n) is 28.8. The van der Waals surface area contributed by atoms with Gasteiger partial charge < -0.3 is 19.0 Å². The number of aliphatic hydroxyl groups is 1. The lowest BCUT2D eigenvalue weighted by Gasteiger charge is -2.61. The van der Waals surface area contributed by atoms with Crippen LogP contribution in [-0.4, -0.2) is 29.7 Å². The van der Waals surface area contributed by atoms with Gasteiger partial charge in [-0.25, -0.2) is 0 Å². The minimum Gasteiger partial charge on any atom is -0.456 e. The molecule has 0 bridgehead atoms. The van der Waals surface area contributed by atoms with Gasteiger partial charge in [0.15, 0.2) is 11.2 Å². The molecule has 1 N–H and O–H groups in total. The van der Waals surface area contributed by atoms with Gasteiger partial charge in [-0.05, 0) is 116 Å². The SMILES string of the molecule is C[C@H]1CC[C@@]2(OC1)O[C@H]1C[C@H]3[C@@H]4CC[C@@H]5C[C@@H](O)CC[C@]5(C)[C@H]4CC[C@]3(C)[C@H]1[C@@H]2C.O=c1cc(-c2ccccc2)oc2ccccc12. The quantitative estimate of drug-likeness (QED) is 0.288. The van der Waals surface area contributed by atoms with Crippen molar-refractivity contribution < 1.29 is 19.0 Å². The van der Waals surface area contributed by atoms with Gasteiger partial charge in [0.1, 0.15) is 11.3 Å². The van der Waals surface area contributed by atoms with Gasteiger partial charge in [0.25, 0.3) is 0 Å². The van der Waals surface area contributed by atoms with Crippen LogP contribution >= 0.6 is 0 Å². The Morgan fingerprint density at radius 2 is 1.57 bits per heavy atom. The molecule has 2 saturated heterocycles. The fourth-order valence-corrected chi connectivity index (χ4v) is 12.1. The molecule has 9 rings (SSSR count). The molecule has 12 atom stereocenters. The van der Waals surface area contributed by atoms with Gasteiger partial charge in [-0.3, -0.25) is 4.79 Å². The number of hydrogen-bond acceptors (Lipinski definition) is 5. The van der Waals surface area contributed by atoms with Crippen molar-refractivity contribution in [2.45, 2.75) is 110 Å². The van der Waals surface area contributed by atoms with E-state index in [0.717, 1.165) is 55.1 Å². The summed E-state index contributed by atoms with van der Waals surface area (Å²) in [7, 11) is 0. The van der Waals surface area contributed by atoms with E-state index in [9.17, 15) is 9.90 Å². The first-order chi connectivity index (χ1) is 22.6. The zero-order valence-corrected chi connectivity index (χ0v) is 28.8. The third-order valence-electron chi connectivity index (χ3n) is 14.6. The summed E-state index contributed by atoms with van der Waals surface area (Å²) in [6.07, 6.45) is 12.9. The van der Waals surface area contributed by atoms with Crippen LogP contribution in [0.15, 0.2) is 69.9 Å². The van der Waals surface area contributed by atoms with Crippen LogP contribution in [0.2, 0.25) is 0 Å². The second kappa shape index (κ2) is 11.8. The maximum Gasteiger partial charge on any atom is 0.193 e. The standard InChI is InChI=1S/C27H44O3.C15H10O2/c1-16-7-12-27(29-15-16)17(2)24-23(30-27)14-22-20-6-5-18-13-19(28)8-10-25(18,3)21(20)9-11-26(22,24)4;16-13-10-15(11-6-2-1-3-7-11)17-14-9-5-4-8-12(13)14/h16-24,28H,5-15H2,1-4H3;1-10H/t16-,17-,18+,19-,20+,21-,22-,23-,24-,25-,26-,27+;/m0./s1. The van der Waals surface area contributed by atoms with Gasteiger partial charge in [0.2, 0.25) is 0 Å². The van der Waals surface area contributed by atoms with Gasteiger partial charge in [-0.1, -0.05) is 70.2 Å². The zero-order chi connectivity index (χ0) is 32.6. The Balaban J connectivity index is 0.000000162. The summed E-state index contributed by atoms with van der Waals surface area (Å²) >= 11 is 0. The minimum absolute atomic E-state index is 0.00861. The monoisotopic (exact) mass is 638 g/mol. The van der Waals surface area contributed by atoms with Gasteiger partial charge in [0, 0.05) is 24.0 Å². The molecule has 5 heteroatoms. The van der Waals surface area contributed by atoms with Crippen molar-refractivity contribution in [2.75, 3.05) is 6.61 Å². The van der Waals surface area contributed by atoms with Crippen LogP contribution < -0.4 is 5.43 Å². The summed E-state index contributed by atoms with van der Waals surface area (Å²) < 4.78 is 19.1. The number of aliphatic hydroxyl groups excluding tert-OH is 1. The van der Waals surface area contributed by atoms with Crippen molar-refractivity contribution in [3.8, 4) is 11.3 Å². The van der Waals surface area contributed by atoms with E-state index in [1.54, 1.807) is 6.07 Å². The van der Waals surface area contributed by atoms with Crippen LogP contribution in [0.25, 0.3) is 22.3 Å². The molecule has 2 aromatic carbocycles. The van der Waals surface area contributed by atoms with Crippen molar-refractivity contribution in [1.82, 2.24) is 0 Å². The molecule has 1 aromatic heterocycles. The Labute approximate surface area is 280 Å². The maximum absolute atomic E-state index is 11.9. The van der Waals surface area contributed by atoms with Gasteiger partial charge in [-0.15, -0.1) is 0 Å². The van der Waals surface area contributed by atoms with Crippen molar-refractivity contribution >= 4 is 11.0 Å². The van der Waals surface area contributed by atoms with E-state index in [2.05, 4.69) is 27.7 Å². The summed E-state index contributed by atoms with van der Waals surface area (Å²) in [4.78, 5) is 11.9. The van der Waals surface area contributed by atoms with E-state index >= 15 is 0 Å². The first kappa shape index (κ1) is 31.8. The van der Waals surface area contributed by atoms with Crippen LogP contribution in [0.3, 0.4) is 0 Å². The molecule has 1 spiro atoms. The summed E-state index contributed by atoms with van der Waals surface area (Å²) in [5, 5.41) is 10.9. The van der Waals surface area contributed by atoms with Crippen LogP contribution in [-0.2, 0) is 9.47 Å². The van der Waals surface area contributed by atoms with Crippen LogP contribution in [0, 0.1) is 52.3 Å².